The van der Waals surface area contributed by atoms with Crippen molar-refractivity contribution in [1.82, 2.24) is 5.32 Å². The number of amides is 1. The van der Waals surface area contributed by atoms with Crippen molar-refractivity contribution in [2.45, 2.75) is 0 Å². The molecule has 3 rings (SSSR count). The molecule has 0 aliphatic carbocycles. The van der Waals surface area contributed by atoms with Crippen LogP contribution in [0.1, 0.15) is 11.1 Å². The average Bonchev–Trinajstić information content (AvgIpc) is 2.92. The van der Waals surface area contributed by atoms with Gasteiger partial charge < -0.3 is 5.32 Å². The summed E-state index contributed by atoms with van der Waals surface area (Å²) in [7, 11) is 0. The number of nitrogens with zero attached hydrogens (tertiary/aromatic N) is 2. The van der Waals surface area contributed by atoms with E-state index in [2.05, 4.69) is 16.4 Å². The number of carbonyl (C=O) groups is 1. The molecule has 2 aromatic carbocycles. The predicted octanol–water partition coefficient (Wildman–Crippen LogP) is 4.76. The van der Waals surface area contributed by atoms with E-state index in [0.29, 0.717) is 31.4 Å². The summed E-state index contributed by atoms with van der Waals surface area (Å²) in [6.45, 7) is 0. The number of benzene rings is 2. The van der Waals surface area contributed by atoms with Gasteiger partial charge in [-0.1, -0.05) is 41.4 Å². The molecule has 24 heavy (non-hydrogen) atoms. The van der Waals surface area contributed by atoms with Crippen LogP contribution < -0.4 is 5.32 Å². The quantitative estimate of drug-likeness (QED) is 0.771. The highest BCUT2D eigenvalue weighted by molar-refractivity contribution is 8.18. The van der Waals surface area contributed by atoms with Crippen molar-refractivity contribution in [1.29, 1.82) is 5.26 Å². The van der Waals surface area contributed by atoms with E-state index >= 15 is 0 Å². The lowest BCUT2D eigenvalue weighted by atomic mass is 10.1. The summed E-state index contributed by atoms with van der Waals surface area (Å²) < 4.78 is 0. The SMILES string of the molecule is N#Cc1ccc(/C=C2/SC(=Nc3cccc(Cl)c3Cl)NC2=O)cc1. The zero-order valence-corrected chi connectivity index (χ0v) is 14.4. The van der Waals surface area contributed by atoms with Crippen LogP contribution in [0.5, 0.6) is 0 Å². The first-order chi connectivity index (χ1) is 11.6. The zero-order valence-electron chi connectivity index (χ0n) is 12.1. The summed E-state index contributed by atoms with van der Waals surface area (Å²) in [5.74, 6) is -0.235. The Labute approximate surface area is 152 Å². The Balaban J connectivity index is 1.85. The molecule has 2 aromatic rings. The standard InChI is InChI=1S/C17H9Cl2N3OS/c18-12-2-1-3-13(15(12)19)21-17-22-16(23)14(24-17)8-10-4-6-11(9-20)7-5-10/h1-8H,(H,21,22,23)/b14-8+. The lowest BCUT2D eigenvalue weighted by molar-refractivity contribution is -0.115. The fraction of sp³-hybridized carbons (Fsp3) is 0. The van der Waals surface area contributed by atoms with Gasteiger partial charge in [-0.15, -0.1) is 0 Å². The third-order valence-electron chi connectivity index (χ3n) is 3.14. The van der Waals surface area contributed by atoms with Crippen molar-refractivity contribution >= 4 is 57.8 Å². The molecule has 118 valence electrons. The van der Waals surface area contributed by atoms with Gasteiger partial charge >= 0.3 is 0 Å². The first-order valence-corrected chi connectivity index (χ1v) is 8.38. The summed E-state index contributed by atoms with van der Waals surface area (Å²) in [6, 6.07) is 14.1. The minimum Gasteiger partial charge on any atom is -0.300 e. The van der Waals surface area contributed by atoms with Gasteiger partial charge in [-0.3, -0.25) is 4.79 Å². The Bertz CT molecular complexity index is 914. The van der Waals surface area contributed by atoms with Crippen molar-refractivity contribution < 1.29 is 4.79 Å². The number of nitriles is 1. The third-order valence-corrected chi connectivity index (χ3v) is 4.86. The van der Waals surface area contributed by atoms with E-state index in [1.807, 2.05) is 0 Å². The molecule has 1 heterocycles. The van der Waals surface area contributed by atoms with Crippen LogP contribution in [0, 0.1) is 11.3 Å². The highest BCUT2D eigenvalue weighted by Gasteiger charge is 2.24. The van der Waals surface area contributed by atoms with Crippen LogP contribution in [0.2, 0.25) is 10.0 Å². The lowest BCUT2D eigenvalue weighted by Crippen LogP contribution is -2.19. The summed E-state index contributed by atoms with van der Waals surface area (Å²) >= 11 is 13.3. The number of thioether (sulfide) groups is 1. The Morgan fingerprint density at radius 2 is 1.92 bits per heavy atom. The molecule has 0 unspecified atom stereocenters. The summed E-state index contributed by atoms with van der Waals surface area (Å²) in [5.41, 5.74) is 1.89. The second kappa shape index (κ2) is 7.10. The minimum absolute atomic E-state index is 0.235. The molecular weight excluding hydrogens is 365 g/mol. The van der Waals surface area contributed by atoms with Crippen molar-refractivity contribution in [3.8, 4) is 6.07 Å². The summed E-state index contributed by atoms with van der Waals surface area (Å²) in [4.78, 5) is 16.9. The Hall–Kier alpha value is -2.26. The van der Waals surface area contributed by atoms with E-state index in [-0.39, 0.29) is 5.91 Å². The monoisotopic (exact) mass is 373 g/mol. The number of hydrogen-bond acceptors (Lipinski definition) is 4. The molecule has 0 spiro atoms. The average molecular weight is 374 g/mol. The van der Waals surface area contributed by atoms with Gasteiger partial charge in [-0.05, 0) is 47.7 Å². The summed E-state index contributed by atoms with van der Waals surface area (Å²) in [6.07, 6.45) is 1.74. The number of rotatable bonds is 2. The van der Waals surface area contributed by atoms with Crippen LogP contribution in [0.15, 0.2) is 52.4 Å². The van der Waals surface area contributed by atoms with Gasteiger partial charge in [0.25, 0.3) is 5.91 Å². The molecule has 0 aromatic heterocycles. The highest BCUT2D eigenvalue weighted by atomic mass is 35.5. The molecule has 1 aliphatic rings. The van der Waals surface area contributed by atoms with Gasteiger partial charge in [0.1, 0.15) is 0 Å². The molecule has 0 atom stereocenters. The first-order valence-electron chi connectivity index (χ1n) is 6.80. The van der Waals surface area contributed by atoms with Gasteiger partial charge in [0.05, 0.1) is 32.3 Å². The molecule has 1 aliphatic heterocycles. The van der Waals surface area contributed by atoms with Crippen molar-refractivity contribution in [2.24, 2.45) is 4.99 Å². The molecule has 1 amide bonds. The first kappa shape index (κ1) is 16.6. The highest BCUT2D eigenvalue weighted by Crippen LogP contribution is 2.34. The van der Waals surface area contributed by atoms with Gasteiger partial charge in [-0.25, -0.2) is 4.99 Å². The van der Waals surface area contributed by atoms with Crippen molar-refractivity contribution in [3.63, 3.8) is 0 Å². The molecule has 1 N–H and O–H groups in total. The van der Waals surface area contributed by atoms with E-state index in [1.54, 1.807) is 48.5 Å². The van der Waals surface area contributed by atoms with E-state index in [0.717, 1.165) is 5.56 Å². The maximum atomic E-state index is 12.1. The number of halogens is 2. The predicted molar refractivity (Wildman–Crippen MR) is 98.4 cm³/mol. The molecule has 1 saturated heterocycles. The van der Waals surface area contributed by atoms with Crippen LogP contribution >= 0.6 is 35.0 Å². The van der Waals surface area contributed by atoms with Crippen LogP contribution in [0.3, 0.4) is 0 Å². The molecule has 7 heteroatoms. The third kappa shape index (κ3) is 3.62. The number of nitrogens with one attached hydrogen (secondary N) is 1. The zero-order chi connectivity index (χ0) is 17.1. The second-order valence-corrected chi connectivity index (χ2v) is 6.60. The Morgan fingerprint density at radius 1 is 1.17 bits per heavy atom. The van der Waals surface area contributed by atoms with E-state index in [1.165, 1.54) is 11.8 Å². The molecule has 0 saturated carbocycles. The molecular formula is C17H9Cl2N3OS. The van der Waals surface area contributed by atoms with Gasteiger partial charge in [-0.2, -0.15) is 5.26 Å². The number of amidine groups is 1. The topological polar surface area (TPSA) is 65.2 Å². The van der Waals surface area contributed by atoms with Gasteiger partial charge in [0, 0.05) is 0 Å². The fourth-order valence-corrected chi connectivity index (χ4v) is 3.15. The molecule has 0 radical (unpaired) electrons. The maximum absolute atomic E-state index is 12.1. The lowest BCUT2D eigenvalue weighted by Gasteiger charge is -2.00. The Morgan fingerprint density at radius 3 is 2.62 bits per heavy atom. The van der Waals surface area contributed by atoms with Crippen LogP contribution in [-0.2, 0) is 4.79 Å². The van der Waals surface area contributed by atoms with Crippen LogP contribution in [0.25, 0.3) is 6.08 Å². The van der Waals surface area contributed by atoms with Crippen molar-refractivity contribution in [2.75, 3.05) is 0 Å². The molecule has 4 nitrogen and oxygen atoms in total. The largest absolute Gasteiger partial charge is 0.300 e. The smallest absolute Gasteiger partial charge is 0.264 e. The number of carbonyl (C=O) groups excluding carboxylic acids is 1. The minimum atomic E-state index is -0.235. The van der Waals surface area contributed by atoms with E-state index < -0.39 is 0 Å². The molecule has 1 fully saturated rings. The van der Waals surface area contributed by atoms with Crippen LogP contribution in [-0.4, -0.2) is 11.1 Å². The van der Waals surface area contributed by atoms with E-state index in [9.17, 15) is 4.79 Å². The maximum Gasteiger partial charge on any atom is 0.264 e. The number of hydrogen-bond donors (Lipinski definition) is 1. The molecule has 0 bridgehead atoms. The second-order valence-electron chi connectivity index (χ2n) is 4.79. The van der Waals surface area contributed by atoms with Crippen molar-refractivity contribution in [3.05, 3.63) is 68.5 Å². The van der Waals surface area contributed by atoms with Gasteiger partial charge in [0.15, 0.2) is 5.17 Å². The van der Waals surface area contributed by atoms with Gasteiger partial charge in [0.2, 0.25) is 0 Å². The van der Waals surface area contributed by atoms with Crippen LogP contribution in [0.4, 0.5) is 5.69 Å². The fourth-order valence-electron chi connectivity index (χ4n) is 1.97. The number of aliphatic imine (C=N–C) groups is 1. The van der Waals surface area contributed by atoms with E-state index in [4.69, 9.17) is 28.5 Å². The normalized spacial score (nSPS) is 17.1. The summed E-state index contributed by atoms with van der Waals surface area (Å²) in [5, 5.41) is 12.7. The Kier molecular flexibility index (Phi) is 4.91.